The van der Waals surface area contributed by atoms with Gasteiger partial charge in [0.2, 0.25) is 5.91 Å². The molecule has 25 heavy (non-hydrogen) atoms. The summed E-state index contributed by atoms with van der Waals surface area (Å²) in [7, 11) is 0. The van der Waals surface area contributed by atoms with Crippen molar-refractivity contribution in [1.29, 1.82) is 0 Å². The molecule has 3 saturated heterocycles. The standard InChI is InChI=1S/C19H21N3O3/c23-18-2-1-7-22(18)16-10-25-17-6-3-11(8-13(16)17)19(24)21-15-9-12-4-5-14(15)20-12/h3,6,8,10,12,14-15,20H,1-2,4-5,7,9H2,(H,21,24)/t12-,14+,15-/m1/s1. The molecule has 3 aliphatic heterocycles. The number of anilines is 1. The predicted molar refractivity (Wildman–Crippen MR) is 93.6 cm³/mol. The smallest absolute Gasteiger partial charge is 0.251 e. The van der Waals surface area contributed by atoms with E-state index < -0.39 is 0 Å². The highest BCUT2D eigenvalue weighted by atomic mass is 16.3. The summed E-state index contributed by atoms with van der Waals surface area (Å²) >= 11 is 0. The Balaban J connectivity index is 1.41. The molecular weight excluding hydrogens is 318 g/mol. The maximum absolute atomic E-state index is 12.7. The van der Waals surface area contributed by atoms with Gasteiger partial charge in [0.05, 0.1) is 5.69 Å². The third-order valence-corrected chi connectivity index (χ3v) is 5.80. The second-order valence-electron chi connectivity index (χ2n) is 7.34. The zero-order valence-electron chi connectivity index (χ0n) is 14.0. The molecule has 4 heterocycles. The average molecular weight is 339 g/mol. The molecular formula is C19H21N3O3. The van der Waals surface area contributed by atoms with Gasteiger partial charge in [-0.15, -0.1) is 0 Å². The van der Waals surface area contributed by atoms with E-state index in [4.69, 9.17) is 4.42 Å². The Labute approximate surface area is 145 Å². The number of nitrogens with one attached hydrogen (secondary N) is 2. The second kappa shape index (κ2) is 5.59. The highest BCUT2D eigenvalue weighted by molar-refractivity contribution is 6.06. The van der Waals surface area contributed by atoms with Crippen molar-refractivity contribution >= 4 is 28.5 Å². The normalized spacial score (nSPS) is 28.2. The molecule has 1 aromatic carbocycles. The number of furan rings is 1. The molecule has 0 aliphatic carbocycles. The van der Waals surface area contributed by atoms with Crippen LogP contribution in [0.5, 0.6) is 0 Å². The molecule has 2 N–H and O–H groups in total. The van der Waals surface area contributed by atoms with Gasteiger partial charge in [-0.3, -0.25) is 9.59 Å². The number of nitrogens with zero attached hydrogens (tertiary/aromatic N) is 1. The van der Waals surface area contributed by atoms with Gasteiger partial charge in [0, 0.05) is 42.0 Å². The fourth-order valence-electron chi connectivity index (χ4n) is 4.50. The second-order valence-corrected chi connectivity index (χ2v) is 7.34. The Morgan fingerprint density at radius 2 is 2.24 bits per heavy atom. The Morgan fingerprint density at radius 1 is 1.32 bits per heavy atom. The van der Waals surface area contributed by atoms with Crippen molar-refractivity contribution in [3.8, 4) is 0 Å². The molecule has 3 atom stereocenters. The number of hydrogen-bond acceptors (Lipinski definition) is 4. The van der Waals surface area contributed by atoms with Crippen LogP contribution in [0.25, 0.3) is 11.0 Å². The Bertz CT molecular complexity index is 859. The van der Waals surface area contributed by atoms with Crippen LogP contribution in [0.2, 0.25) is 0 Å². The van der Waals surface area contributed by atoms with Gasteiger partial charge in [0.1, 0.15) is 11.8 Å². The molecule has 2 aromatic rings. The van der Waals surface area contributed by atoms with E-state index in [2.05, 4.69) is 10.6 Å². The summed E-state index contributed by atoms with van der Waals surface area (Å²) in [5.41, 5.74) is 2.09. The summed E-state index contributed by atoms with van der Waals surface area (Å²) in [4.78, 5) is 26.5. The van der Waals surface area contributed by atoms with E-state index in [-0.39, 0.29) is 17.9 Å². The van der Waals surface area contributed by atoms with Gasteiger partial charge in [-0.25, -0.2) is 0 Å². The minimum absolute atomic E-state index is 0.0545. The van der Waals surface area contributed by atoms with E-state index >= 15 is 0 Å². The lowest BCUT2D eigenvalue weighted by Crippen LogP contribution is -2.42. The first-order chi connectivity index (χ1) is 12.2. The largest absolute Gasteiger partial charge is 0.462 e. The van der Waals surface area contributed by atoms with Crippen LogP contribution in [0.15, 0.2) is 28.9 Å². The van der Waals surface area contributed by atoms with E-state index in [1.165, 1.54) is 6.42 Å². The summed E-state index contributed by atoms with van der Waals surface area (Å²) in [6, 6.07) is 6.62. The van der Waals surface area contributed by atoms with E-state index in [9.17, 15) is 9.59 Å². The van der Waals surface area contributed by atoms with Crippen LogP contribution in [-0.2, 0) is 4.79 Å². The summed E-state index contributed by atoms with van der Waals surface area (Å²) < 4.78 is 5.58. The van der Waals surface area contributed by atoms with Crippen LogP contribution in [0.4, 0.5) is 5.69 Å². The molecule has 3 aliphatic rings. The van der Waals surface area contributed by atoms with Crippen molar-refractivity contribution in [2.45, 2.75) is 50.2 Å². The molecule has 130 valence electrons. The highest BCUT2D eigenvalue weighted by Gasteiger charge is 2.39. The molecule has 5 rings (SSSR count). The minimum atomic E-state index is -0.0545. The van der Waals surface area contributed by atoms with Crippen LogP contribution in [0.1, 0.15) is 42.5 Å². The molecule has 0 radical (unpaired) electrons. The van der Waals surface area contributed by atoms with Crippen molar-refractivity contribution in [3.63, 3.8) is 0 Å². The van der Waals surface area contributed by atoms with Crippen LogP contribution >= 0.6 is 0 Å². The molecule has 3 fully saturated rings. The number of hydrogen-bond donors (Lipinski definition) is 2. The Kier molecular flexibility index (Phi) is 3.35. The van der Waals surface area contributed by atoms with Crippen LogP contribution < -0.4 is 15.5 Å². The molecule has 1 aromatic heterocycles. The number of amides is 2. The lowest BCUT2D eigenvalue weighted by atomic mass is 9.95. The van der Waals surface area contributed by atoms with E-state index in [1.807, 2.05) is 12.1 Å². The first-order valence-corrected chi connectivity index (χ1v) is 9.07. The third-order valence-electron chi connectivity index (χ3n) is 5.80. The lowest BCUT2D eigenvalue weighted by Gasteiger charge is -2.21. The predicted octanol–water partition coefficient (Wildman–Crippen LogP) is 2.18. The van der Waals surface area contributed by atoms with E-state index in [1.54, 1.807) is 17.2 Å². The minimum Gasteiger partial charge on any atom is -0.462 e. The third kappa shape index (κ3) is 2.43. The van der Waals surface area contributed by atoms with Gasteiger partial charge in [-0.1, -0.05) is 0 Å². The van der Waals surface area contributed by atoms with Gasteiger partial charge in [-0.2, -0.15) is 0 Å². The maximum Gasteiger partial charge on any atom is 0.251 e. The Hall–Kier alpha value is -2.34. The van der Waals surface area contributed by atoms with Gasteiger partial charge < -0.3 is 20.0 Å². The average Bonchev–Trinajstić information content (AvgIpc) is 3.37. The summed E-state index contributed by atoms with van der Waals surface area (Å²) in [5, 5.41) is 7.53. The summed E-state index contributed by atoms with van der Waals surface area (Å²) in [5.74, 6) is 0.0618. The Morgan fingerprint density at radius 3 is 2.96 bits per heavy atom. The number of benzene rings is 1. The SMILES string of the molecule is O=C(N[C@@H]1C[C@H]2CC[C@@H]1N2)c1ccc2occ(N3CCCC3=O)c2c1. The number of carbonyl (C=O) groups excluding carboxylic acids is 2. The van der Waals surface area contributed by atoms with Crippen molar-refractivity contribution in [3.05, 3.63) is 30.0 Å². The van der Waals surface area contributed by atoms with Gasteiger partial charge in [0.25, 0.3) is 5.91 Å². The van der Waals surface area contributed by atoms with Gasteiger partial charge >= 0.3 is 0 Å². The molecule has 6 heteroatoms. The molecule has 0 spiro atoms. The molecule has 0 unspecified atom stereocenters. The highest BCUT2D eigenvalue weighted by Crippen LogP contribution is 2.33. The topological polar surface area (TPSA) is 74.6 Å². The first-order valence-electron chi connectivity index (χ1n) is 9.07. The van der Waals surface area contributed by atoms with Gasteiger partial charge in [-0.05, 0) is 43.9 Å². The summed E-state index contributed by atoms with van der Waals surface area (Å²) in [6.07, 6.45) is 6.42. The first kappa shape index (κ1) is 15.0. The lowest BCUT2D eigenvalue weighted by molar-refractivity contribution is -0.117. The van der Waals surface area contributed by atoms with Crippen LogP contribution in [0.3, 0.4) is 0 Å². The van der Waals surface area contributed by atoms with Crippen molar-refractivity contribution in [2.24, 2.45) is 0 Å². The molecule has 2 bridgehead atoms. The number of rotatable bonds is 3. The van der Waals surface area contributed by atoms with Crippen LogP contribution in [0, 0.1) is 0 Å². The maximum atomic E-state index is 12.7. The van der Waals surface area contributed by atoms with Crippen molar-refractivity contribution in [2.75, 3.05) is 11.4 Å². The molecule has 0 saturated carbocycles. The van der Waals surface area contributed by atoms with Crippen molar-refractivity contribution in [1.82, 2.24) is 10.6 Å². The summed E-state index contributed by atoms with van der Waals surface area (Å²) in [6.45, 7) is 0.709. The van der Waals surface area contributed by atoms with E-state index in [0.717, 1.165) is 30.3 Å². The molecule has 6 nitrogen and oxygen atoms in total. The number of fused-ring (bicyclic) bond motifs is 3. The quantitative estimate of drug-likeness (QED) is 0.899. The van der Waals surface area contributed by atoms with Crippen molar-refractivity contribution < 1.29 is 14.0 Å². The van der Waals surface area contributed by atoms with Gasteiger partial charge in [0.15, 0.2) is 0 Å². The fourth-order valence-corrected chi connectivity index (χ4v) is 4.50. The van der Waals surface area contributed by atoms with E-state index in [0.29, 0.717) is 36.2 Å². The number of carbonyl (C=O) groups is 2. The molecule has 2 amide bonds. The van der Waals surface area contributed by atoms with Crippen LogP contribution in [-0.4, -0.2) is 36.5 Å². The zero-order valence-corrected chi connectivity index (χ0v) is 14.0. The fraction of sp³-hybridized carbons (Fsp3) is 0.474. The zero-order chi connectivity index (χ0) is 17.0. The monoisotopic (exact) mass is 339 g/mol.